The molecule has 0 aromatic carbocycles. The monoisotopic (exact) mass is 240 g/mol. The molecule has 0 aliphatic heterocycles. The number of nitrogen functional groups attached to an aromatic ring is 1. The molecule has 0 aliphatic carbocycles. The van der Waals surface area contributed by atoms with E-state index in [1.165, 1.54) is 0 Å². The lowest BCUT2D eigenvalue weighted by Gasteiger charge is -2.33. The highest BCUT2D eigenvalue weighted by Gasteiger charge is 2.29. The zero-order valence-electron chi connectivity index (χ0n) is 11.0. The Morgan fingerprint density at radius 2 is 1.88 bits per heavy atom. The number of rotatable bonds is 3. The number of anilines is 1. The van der Waals surface area contributed by atoms with Gasteiger partial charge in [-0.2, -0.15) is 0 Å². The maximum Gasteiger partial charge on any atom is 0.277 e. The van der Waals surface area contributed by atoms with Crippen LogP contribution in [0.4, 0.5) is 5.82 Å². The van der Waals surface area contributed by atoms with Gasteiger partial charge in [-0.1, -0.05) is 20.8 Å². The van der Waals surface area contributed by atoms with Crippen LogP contribution in [0, 0.1) is 5.41 Å². The number of hydrogen-bond acceptors (Lipinski definition) is 5. The van der Waals surface area contributed by atoms with Crippen LogP contribution in [0.15, 0.2) is 4.63 Å². The van der Waals surface area contributed by atoms with Crippen molar-refractivity contribution in [2.45, 2.75) is 46.6 Å². The van der Waals surface area contributed by atoms with Crippen molar-refractivity contribution in [2.75, 3.05) is 5.73 Å². The second-order valence-corrected chi connectivity index (χ2v) is 6.07. The van der Waals surface area contributed by atoms with Crippen LogP contribution in [-0.4, -0.2) is 21.8 Å². The molecule has 0 aliphatic rings. The molecule has 0 saturated carbocycles. The Morgan fingerprint density at radius 3 is 2.29 bits per heavy atom. The lowest BCUT2D eigenvalue weighted by atomic mass is 9.82. The van der Waals surface area contributed by atoms with Gasteiger partial charge < -0.3 is 11.1 Å². The number of aromatic nitrogens is 2. The normalized spacial score (nSPS) is 12.5. The van der Waals surface area contributed by atoms with E-state index in [9.17, 15) is 4.79 Å². The second-order valence-electron chi connectivity index (χ2n) is 6.07. The minimum Gasteiger partial charge on any atom is -0.379 e. The van der Waals surface area contributed by atoms with Crippen molar-refractivity contribution in [3.05, 3.63) is 5.69 Å². The first-order valence-corrected chi connectivity index (χ1v) is 5.51. The van der Waals surface area contributed by atoms with Crippen LogP contribution in [0.25, 0.3) is 0 Å². The van der Waals surface area contributed by atoms with Crippen LogP contribution in [0.1, 0.15) is 51.5 Å². The largest absolute Gasteiger partial charge is 0.379 e. The third-order valence-electron chi connectivity index (χ3n) is 2.15. The zero-order valence-corrected chi connectivity index (χ0v) is 11.0. The number of carbonyl (C=O) groups excluding carboxylic acids is 1. The lowest BCUT2D eigenvalue weighted by molar-refractivity contribution is 0.0882. The van der Waals surface area contributed by atoms with E-state index in [0.29, 0.717) is 0 Å². The Labute approximate surface area is 101 Å². The predicted octanol–water partition coefficient (Wildman–Crippen LogP) is 1.60. The summed E-state index contributed by atoms with van der Waals surface area (Å²) in [7, 11) is 0. The first-order chi connectivity index (χ1) is 7.61. The molecule has 0 fully saturated rings. The molecule has 0 atom stereocenters. The Balaban J connectivity index is 2.72. The molecule has 96 valence electrons. The Kier molecular flexibility index (Phi) is 3.45. The van der Waals surface area contributed by atoms with Crippen molar-refractivity contribution >= 4 is 11.7 Å². The minimum absolute atomic E-state index is 0.00839. The highest BCUT2D eigenvalue weighted by molar-refractivity contribution is 5.96. The quantitative estimate of drug-likeness (QED) is 0.836. The molecule has 6 heteroatoms. The second kappa shape index (κ2) is 4.35. The third kappa shape index (κ3) is 4.05. The van der Waals surface area contributed by atoms with Crippen molar-refractivity contribution in [3.8, 4) is 0 Å². The van der Waals surface area contributed by atoms with Gasteiger partial charge >= 0.3 is 0 Å². The summed E-state index contributed by atoms with van der Waals surface area (Å²) in [6.45, 7) is 10.3. The van der Waals surface area contributed by atoms with E-state index in [1.807, 2.05) is 13.8 Å². The molecule has 1 rings (SSSR count). The van der Waals surface area contributed by atoms with Crippen molar-refractivity contribution < 1.29 is 9.42 Å². The summed E-state index contributed by atoms with van der Waals surface area (Å²) in [5.41, 5.74) is 5.26. The topological polar surface area (TPSA) is 94.0 Å². The molecule has 1 aromatic rings. The summed E-state index contributed by atoms with van der Waals surface area (Å²) in [4.78, 5) is 11.9. The predicted molar refractivity (Wildman–Crippen MR) is 64.3 cm³/mol. The van der Waals surface area contributed by atoms with Crippen LogP contribution in [0.3, 0.4) is 0 Å². The number of amides is 1. The Bertz CT molecular complexity index is 404. The van der Waals surface area contributed by atoms with E-state index in [4.69, 9.17) is 5.73 Å². The fourth-order valence-electron chi connectivity index (χ4n) is 2.09. The molecule has 0 unspecified atom stereocenters. The number of carbonyl (C=O) groups is 1. The molecule has 1 heterocycles. The van der Waals surface area contributed by atoms with E-state index in [2.05, 4.69) is 41.0 Å². The number of nitrogens with zero attached hydrogens (tertiary/aromatic N) is 2. The van der Waals surface area contributed by atoms with E-state index in [0.717, 1.165) is 6.42 Å². The summed E-state index contributed by atoms with van der Waals surface area (Å²) < 4.78 is 4.40. The van der Waals surface area contributed by atoms with Gasteiger partial charge in [0, 0.05) is 5.54 Å². The van der Waals surface area contributed by atoms with Gasteiger partial charge in [-0.25, -0.2) is 4.63 Å². The van der Waals surface area contributed by atoms with Crippen LogP contribution >= 0.6 is 0 Å². The van der Waals surface area contributed by atoms with E-state index >= 15 is 0 Å². The SMILES string of the molecule is CC(C)(C)CC(C)(C)NC(=O)c1nonc1N. The van der Waals surface area contributed by atoms with Crippen LogP contribution in [-0.2, 0) is 0 Å². The molecule has 0 bridgehead atoms. The van der Waals surface area contributed by atoms with Crippen LogP contribution < -0.4 is 11.1 Å². The first kappa shape index (κ1) is 13.5. The Morgan fingerprint density at radius 1 is 1.29 bits per heavy atom. The van der Waals surface area contributed by atoms with Gasteiger partial charge in [-0.3, -0.25) is 4.79 Å². The molecule has 1 aromatic heterocycles. The molecular weight excluding hydrogens is 220 g/mol. The van der Waals surface area contributed by atoms with E-state index < -0.39 is 0 Å². The van der Waals surface area contributed by atoms with E-state index in [1.54, 1.807) is 0 Å². The minimum atomic E-state index is -0.363. The molecule has 0 saturated heterocycles. The first-order valence-electron chi connectivity index (χ1n) is 5.51. The Hall–Kier alpha value is -1.59. The van der Waals surface area contributed by atoms with Gasteiger partial charge in [0.1, 0.15) is 0 Å². The molecule has 3 N–H and O–H groups in total. The van der Waals surface area contributed by atoms with Gasteiger partial charge in [0.15, 0.2) is 0 Å². The van der Waals surface area contributed by atoms with Gasteiger partial charge in [0.25, 0.3) is 5.91 Å². The summed E-state index contributed by atoms with van der Waals surface area (Å²) in [5, 5.41) is 9.72. The average molecular weight is 240 g/mol. The van der Waals surface area contributed by atoms with Crippen molar-refractivity contribution in [1.29, 1.82) is 0 Å². The summed E-state index contributed by atoms with van der Waals surface area (Å²) >= 11 is 0. The number of nitrogens with two attached hydrogens (primary N) is 1. The molecule has 6 nitrogen and oxygen atoms in total. The zero-order chi connectivity index (χ0) is 13.3. The fraction of sp³-hybridized carbons (Fsp3) is 0.727. The van der Waals surface area contributed by atoms with Gasteiger partial charge in [-0.15, -0.1) is 0 Å². The fourth-order valence-corrected chi connectivity index (χ4v) is 2.09. The molecule has 1 amide bonds. The van der Waals surface area contributed by atoms with Crippen molar-refractivity contribution in [2.24, 2.45) is 5.41 Å². The summed E-state index contributed by atoms with van der Waals surface area (Å²) in [5.74, 6) is -0.355. The van der Waals surface area contributed by atoms with Crippen LogP contribution in [0.5, 0.6) is 0 Å². The smallest absolute Gasteiger partial charge is 0.277 e. The van der Waals surface area contributed by atoms with Gasteiger partial charge in [-0.05, 0) is 36.0 Å². The molecule has 17 heavy (non-hydrogen) atoms. The van der Waals surface area contributed by atoms with Gasteiger partial charge in [0.05, 0.1) is 0 Å². The summed E-state index contributed by atoms with van der Waals surface area (Å²) in [6.07, 6.45) is 0.830. The lowest BCUT2D eigenvalue weighted by Crippen LogP contribution is -2.46. The third-order valence-corrected chi connectivity index (χ3v) is 2.15. The average Bonchev–Trinajstić information content (AvgIpc) is 2.44. The number of nitrogens with one attached hydrogen (secondary N) is 1. The highest BCUT2D eigenvalue weighted by atomic mass is 16.6. The standard InChI is InChI=1S/C11H20N4O2/c1-10(2,3)6-11(4,5)13-9(16)7-8(12)15-17-14-7/h6H2,1-5H3,(H2,12,15)(H,13,16). The summed E-state index contributed by atoms with van der Waals surface area (Å²) in [6, 6.07) is 0. The van der Waals surface area contributed by atoms with Crippen molar-refractivity contribution in [1.82, 2.24) is 15.6 Å². The molecule has 0 spiro atoms. The van der Waals surface area contributed by atoms with Crippen molar-refractivity contribution in [3.63, 3.8) is 0 Å². The molecular formula is C11H20N4O2. The number of hydrogen-bond donors (Lipinski definition) is 2. The van der Waals surface area contributed by atoms with Gasteiger partial charge in [0.2, 0.25) is 11.5 Å². The maximum atomic E-state index is 11.9. The maximum absolute atomic E-state index is 11.9. The molecule has 0 radical (unpaired) electrons. The van der Waals surface area contributed by atoms with Crippen LogP contribution in [0.2, 0.25) is 0 Å². The highest BCUT2D eigenvalue weighted by Crippen LogP contribution is 2.27. The van der Waals surface area contributed by atoms with E-state index in [-0.39, 0.29) is 28.4 Å².